The molecule has 0 aliphatic heterocycles. The predicted octanol–water partition coefficient (Wildman–Crippen LogP) is -0.849. The molecular formula is C16H13BFN5O2. The monoisotopic (exact) mass is 337 g/mol. The van der Waals surface area contributed by atoms with Crippen LogP contribution in [0.3, 0.4) is 0 Å². The van der Waals surface area contributed by atoms with Gasteiger partial charge in [-0.1, -0.05) is 11.5 Å². The maximum atomic E-state index is 13.8. The Morgan fingerprint density at radius 2 is 1.96 bits per heavy atom. The number of aromatic nitrogens is 3. The Balaban J connectivity index is 2.71. The summed E-state index contributed by atoms with van der Waals surface area (Å²) in [6.45, 7) is 0. The van der Waals surface area contributed by atoms with Crippen LogP contribution in [-0.2, 0) is 14.1 Å². The number of nitriles is 1. The minimum Gasteiger partial charge on any atom is -0.383 e. The van der Waals surface area contributed by atoms with E-state index in [9.17, 15) is 19.2 Å². The first-order valence-electron chi connectivity index (χ1n) is 7.33. The minimum absolute atomic E-state index is 0.0306. The lowest BCUT2D eigenvalue weighted by Gasteiger charge is -2.15. The SMILES string of the molecule is Bc1ccc(F)cc1-c1c(C#N)c(N)nc2c1c(=O)n(C)c(=O)n2C. The van der Waals surface area contributed by atoms with Gasteiger partial charge < -0.3 is 5.73 Å². The molecule has 1 aromatic carbocycles. The van der Waals surface area contributed by atoms with Crippen molar-refractivity contribution in [1.29, 1.82) is 5.26 Å². The molecule has 2 N–H and O–H groups in total. The largest absolute Gasteiger partial charge is 0.383 e. The fraction of sp³-hybridized carbons (Fsp3) is 0.125. The van der Waals surface area contributed by atoms with Crippen molar-refractivity contribution in [1.82, 2.24) is 14.1 Å². The van der Waals surface area contributed by atoms with Crippen molar-refractivity contribution in [2.24, 2.45) is 14.1 Å². The van der Waals surface area contributed by atoms with Crippen LogP contribution in [-0.4, -0.2) is 22.0 Å². The fourth-order valence-electron chi connectivity index (χ4n) is 2.85. The van der Waals surface area contributed by atoms with Crippen molar-refractivity contribution in [3.8, 4) is 17.2 Å². The normalized spacial score (nSPS) is 10.8. The van der Waals surface area contributed by atoms with Crippen LogP contribution in [0.15, 0.2) is 27.8 Å². The summed E-state index contributed by atoms with van der Waals surface area (Å²) in [5, 5.41) is 9.57. The third-order valence-electron chi connectivity index (χ3n) is 4.20. The number of anilines is 1. The van der Waals surface area contributed by atoms with E-state index in [0.29, 0.717) is 11.0 Å². The summed E-state index contributed by atoms with van der Waals surface area (Å²) in [7, 11) is 4.50. The third-order valence-corrected chi connectivity index (χ3v) is 4.20. The number of nitrogens with two attached hydrogens (primary N) is 1. The average molecular weight is 337 g/mol. The first kappa shape index (κ1) is 16.5. The standard InChI is InChI=1S/C16H13BFN5O2/c1-22-14-12(15(24)23(2)16(22)25)11(9(6-19)13(20)21-14)8-5-7(18)3-4-10(8)17/h3-5H,17H2,1-2H3,(H2,20,21). The van der Waals surface area contributed by atoms with Crippen LogP contribution in [0.2, 0.25) is 0 Å². The zero-order valence-electron chi connectivity index (χ0n) is 13.8. The van der Waals surface area contributed by atoms with Gasteiger partial charge in [-0.15, -0.1) is 0 Å². The Morgan fingerprint density at radius 1 is 1.28 bits per heavy atom. The summed E-state index contributed by atoms with van der Waals surface area (Å²) < 4.78 is 15.9. The Kier molecular flexibility index (Phi) is 3.68. The average Bonchev–Trinajstić information content (AvgIpc) is 2.59. The number of halogens is 1. The summed E-state index contributed by atoms with van der Waals surface area (Å²) in [5.41, 5.74) is 5.88. The fourth-order valence-corrected chi connectivity index (χ4v) is 2.85. The van der Waals surface area contributed by atoms with Gasteiger partial charge in [0, 0.05) is 19.7 Å². The predicted molar refractivity (Wildman–Crippen MR) is 94.9 cm³/mol. The van der Waals surface area contributed by atoms with Crippen LogP contribution in [0.5, 0.6) is 0 Å². The van der Waals surface area contributed by atoms with Gasteiger partial charge in [0.15, 0.2) is 5.65 Å². The van der Waals surface area contributed by atoms with Crippen molar-refractivity contribution in [2.75, 3.05) is 5.73 Å². The second-order valence-electron chi connectivity index (χ2n) is 5.72. The van der Waals surface area contributed by atoms with Gasteiger partial charge in [0.1, 0.15) is 31.1 Å². The summed E-state index contributed by atoms with van der Waals surface area (Å²) in [6.07, 6.45) is 0. The van der Waals surface area contributed by atoms with E-state index < -0.39 is 17.1 Å². The minimum atomic E-state index is -0.624. The van der Waals surface area contributed by atoms with Gasteiger partial charge in [0.05, 0.1) is 5.39 Å². The summed E-state index contributed by atoms with van der Waals surface area (Å²) in [4.78, 5) is 29.0. The molecule has 0 radical (unpaired) electrons. The lowest BCUT2D eigenvalue weighted by Crippen LogP contribution is -2.38. The number of aryl methyl sites for hydroxylation is 1. The van der Waals surface area contributed by atoms with Gasteiger partial charge in [-0.2, -0.15) is 5.26 Å². The molecule has 2 aromatic heterocycles. The molecule has 0 atom stereocenters. The number of rotatable bonds is 1. The summed E-state index contributed by atoms with van der Waals surface area (Å²) in [5.74, 6) is -0.647. The number of nitrogens with zero attached hydrogens (tertiary/aromatic N) is 4. The van der Waals surface area contributed by atoms with Crippen molar-refractivity contribution in [2.45, 2.75) is 0 Å². The van der Waals surface area contributed by atoms with Crippen LogP contribution < -0.4 is 22.4 Å². The quantitative estimate of drug-likeness (QED) is 0.582. The Labute approximate surface area is 142 Å². The molecule has 0 aliphatic carbocycles. The molecule has 7 nitrogen and oxygen atoms in total. The van der Waals surface area contributed by atoms with E-state index in [1.165, 1.54) is 30.8 Å². The molecule has 0 bridgehead atoms. The molecule has 0 saturated heterocycles. The molecular weight excluding hydrogens is 324 g/mol. The first-order valence-corrected chi connectivity index (χ1v) is 7.33. The zero-order chi connectivity index (χ0) is 18.5. The van der Waals surface area contributed by atoms with E-state index in [4.69, 9.17) is 5.73 Å². The smallest absolute Gasteiger partial charge is 0.332 e. The van der Waals surface area contributed by atoms with Crippen LogP contribution in [0, 0.1) is 17.1 Å². The molecule has 2 heterocycles. The molecule has 0 fully saturated rings. The van der Waals surface area contributed by atoms with Crippen LogP contribution in [0.25, 0.3) is 22.2 Å². The van der Waals surface area contributed by atoms with E-state index >= 15 is 0 Å². The number of nitrogen functional groups attached to an aromatic ring is 1. The van der Waals surface area contributed by atoms with E-state index in [1.807, 2.05) is 6.07 Å². The molecule has 124 valence electrons. The van der Waals surface area contributed by atoms with Crippen molar-refractivity contribution in [3.05, 3.63) is 50.4 Å². The highest BCUT2D eigenvalue weighted by Gasteiger charge is 2.22. The second-order valence-corrected chi connectivity index (χ2v) is 5.72. The van der Waals surface area contributed by atoms with Crippen molar-refractivity contribution in [3.63, 3.8) is 0 Å². The number of hydrogen-bond acceptors (Lipinski definition) is 5. The van der Waals surface area contributed by atoms with Crippen LogP contribution in [0.4, 0.5) is 10.2 Å². The van der Waals surface area contributed by atoms with Crippen molar-refractivity contribution >= 4 is 30.2 Å². The van der Waals surface area contributed by atoms with Gasteiger partial charge in [0.2, 0.25) is 0 Å². The molecule has 3 rings (SSSR count). The highest BCUT2D eigenvalue weighted by Crippen LogP contribution is 2.30. The highest BCUT2D eigenvalue weighted by atomic mass is 19.1. The van der Waals surface area contributed by atoms with E-state index in [0.717, 1.165) is 4.57 Å². The van der Waals surface area contributed by atoms with Crippen molar-refractivity contribution < 1.29 is 4.39 Å². The van der Waals surface area contributed by atoms with Gasteiger partial charge in [-0.05, 0) is 17.7 Å². The Morgan fingerprint density at radius 3 is 2.60 bits per heavy atom. The van der Waals surface area contributed by atoms with Gasteiger partial charge in [0.25, 0.3) is 5.56 Å². The maximum absolute atomic E-state index is 13.8. The lowest BCUT2D eigenvalue weighted by atomic mass is 9.84. The molecule has 0 saturated carbocycles. The molecule has 3 aromatic rings. The molecule has 0 amide bonds. The maximum Gasteiger partial charge on any atom is 0.332 e. The number of fused-ring (bicyclic) bond motifs is 1. The number of pyridine rings is 1. The highest BCUT2D eigenvalue weighted by molar-refractivity contribution is 6.36. The van der Waals surface area contributed by atoms with E-state index in [-0.39, 0.29) is 28.0 Å². The lowest BCUT2D eigenvalue weighted by molar-refractivity contribution is 0.628. The molecule has 9 heteroatoms. The second kappa shape index (κ2) is 5.59. The van der Waals surface area contributed by atoms with Crippen LogP contribution >= 0.6 is 0 Å². The number of benzene rings is 1. The van der Waals surface area contributed by atoms with E-state index in [1.54, 1.807) is 13.9 Å². The van der Waals surface area contributed by atoms with Gasteiger partial charge in [-0.3, -0.25) is 13.9 Å². The molecule has 0 spiro atoms. The Hall–Kier alpha value is -3.41. The molecule has 0 aliphatic rings. The van der Waals surface area contributed by atoms with Gasteiger partial charge in [-0.25, -0.2) is 14.2 Å². The number of hydrogen-bond donors (Lipinski definition) is 1. The third kappa shape index (κ3) is 2.30. The topological polar surface area (TPSA) is 107 Å². The van der Waals surface area contributed by atoms with Gasteiger partial charge >= 0.3 is 5.69 Å². The zero-order valence-corrected chi connectivity index (χ0v) is 13.8. The molecule has 25 heavy (non-hydrogen) atoms. The molecule has 0 unspecified atom stereocenters. The first-order chi connectivity index (χ1) is 11.8. The Bertz CT molecular complexity index is 1210. The summed E-state index contributed by atoms with van der Waals surface area (Å²) >= 11 is 0. The van der Waals surface area contributed by atoms with Crippen LogP contribution in [0.1, 0.15) is 5.56 Å². The summed E-state index contributed by atoms with van der Waals surface area (Å²) in [6, 6.07) is 5.99. The van der Waals surface area contributed by atoms with E-state index in [2.05, 4.69) is 4.98 Å².